The molecule has 3 heterocycles. The van der Waals surface area contributed by atoms with Crippen molar-refractivity contribution in [3.63, 3.8) is 0 Å². The summed E-state index contributed by atoms with van der Waals surface area (Å²) >= 11 is 1.62. The minimum absolute atomic E-state index is 0.0268. The van der Waals surface area contributed by atoms with Gasteiger partial charge < -0.3 is 5.32 Å². The van der Waals surface area contributed by atoms with E-state index in [1.807, 2.05) is 28.3 Å². The molecule has 0 radical (unpaired) electrons. The van der Waals surface area contributed by atoms with Crippen LogP contribution in [0.2, 0.25) is 0 Å². The molecule has 6 heteroatoms. The molecule has 0 bridgehead atoms. The monoisotopic (exact) mass is 326 g/mol. The predicted octanol–water partition coefficient (Wildman–Crippen LogP) is 3.63. The number of nitrogens with zero attached hydrogens (tertiary/aromatic N) is 3. The molecule has 4 rings (SSSR count). The molecule has 118 valence electrons. The summed E-state index contributed by atoms with van der Waals surface area (Å²) in [7, 11) is 0. The third kappa shape index (κ3) is 2.63. The second-order valence-corrected chi connectivity index (χ2v) is 7.15. The largest absolute Gasteiger partial charge is 0.349 e. The average Bonchev–Trinajstić information content (AvgIpc) is 3.05. The van der Waals surface area contributed by atoms with E-state index in [1.165, 1.54) is 0 Å². The summed E-state index contributed by atoms with van der Waals surface area (Å²) in [4.78, 5) is 18.5. The predicted molar refractivity (Wildman–Crippen MR) is 91.7 cm³/mol. The van der Waals surface area contributed by atoms with Crippen molar-refractivity contribution in [1.82, 2.24) is 20.1 Å². The number of hydrogen-bond acceptors (Lipinski definition) is 4. The van der Waals surface area contributed by atoms with Gasteiger partial charge in [0.1, 0.15) is 0 Å². The lowest BCUT2D eigenvalue weighted by Crippen LogP contribution is -2.25. The highest BCUT2D eigenvalue weighted by molar-refractivity contribution is 7.13. The number of carbonyl (C=O) groups is 1. The molecule has 1 aliphatic rings. The van der Waals surface area contributed by atoms with E-state index in [-0.39, 0.29) is 11.9 Å². The zero-order valence-corrected chi connectivity index (χ0v) is 13.9. The summed E-state index contributed by atoms with van der Waals surface area (Å²) in [6.07, 6.45) is 3.90. The van der Waals surface area contributed by atoms with E-state index >= 15 is 0 Å². The van der Waals surface area contributed by atoms with Crippen molar-refractivity contribution < 1.29 is 4.79 Å². The number of nitrogens with one attached hydrogen (secondary N) is 1. The van der Waals surface area contributed by atoms with Gasteiger partial charge in [-0.25, -0.2) is 9.67 Å². The molecular formula is C17H18N4OS. The normalized spacial score (nSPS) is 14.6. The number of aromatic nitrogens is 3. The van der Waals surface area contributed by atoms with Gasteiger partial charge in [0, 0.05) is 12.1 Å². The first-order valence-electron chi connectivity index (χ1n) is 7.86. The second kappa shape index (κ2) is 5.45. The molecule has 0 aliphatic heterocycles. The molecule has 0 spiro atoms. The first-order valence-corrected chi connectivity index (χ1v) is 8.74. The van der Waals surface area contributed by atoms with Crippen molar-refractivity contribution in [3.05, 3.63) is 35.3 Å². The van der Waals surface area contributed by atoms with Gasteiger partial charge in [0.2, 0.25) is 0 Å². The van der Waals surface area contributed by atoms with E-state index in [0.29, 0.717) is 11.6 Å². The minimum Gasteiger partial charge on any atom is -0.349 e. The van der Waals surface area contributed by atoms with Crippen LogP contribution in [0.1, 0.15) is 43.1 Å². The van der Waals surface area contributed by atoms with Crippen molar-refractivity contribution in [1.29, 1.82) is 0 Å². The Morgan fingerprint density at radius 2 is 2.26 bits per heavy atom. The Hall–Kier alpha value is -2.21. The summed E-state index contributed by atoms with van der Waals surface area (Å²) in [5.74, 6) is -0.0268. The third-order valence-corrected chi connectivity index (χ3v) is 4.88. The van der Waals surface area contributed by atoms with Gasteiger partial charge in [-0.05, 0) is 44.2 Å². The summed E-state index contributed by atoms with van der Waals surface area (Å²) in [6.45, 7) is 4.13. The molecule has 0 saturated heterocycles. The zero-order valence-electron chi connectivity index (χ0n) is 13.1. The Morgan fingerprint density at radius 3 is 2.91 bits per heavy atom. The maximum Gasteiger partial charge on any atom is 0.252 e. The van der Waals surface area contributed by atoms with Crippen molar-refractivity contribution in [3.8, 4) is 10.6 Å². The highest BCUT2D eigenvalue weighted by Crippen LogP contribution is 2.29. The minimum atomic E-state index is -0.0268. The van der Waals surface area contributed by atoms with E-state index < -0.39 is 0 Å². The van der Waals surface area contributed by atoms with Gasteiger partial charge >= 0.3 is 0 Å². The quantitative estimate of drug-likeness (QED) is 0.796. The topological polar surface area (TPSA) is 59.8 Å². The van der Waals surface area contributed by atoms with E-state index in [9.17, 15) is 4.79 Å². The fourth-order valence-corrected chi connectivity index (χ4v) is 3.31. The molecule has 1 fully saturated rings. The van der Waals surface area contributed by atoms with Crippen LogP contribution in [0.4, 0.5) is 0 Å². The van der Waals surface area contributed by atoms with E-state index in [0.717, 1.165) is 34.4 Å². The Balaban J connectivity index is 1.90. The number of thiophene rings is 1. The second-order valence-electron chi connectivity index (χ2n) is 6.20. The molecule has 0 aromatic carbocycles. The zero-order chi connectivity index (χ0) is 16.0. The van der Waals surface area contributed by atoms with Crippen molar-refractivity contribution in [2.24, 2.45) is 0 Å². The molecule has 5 nitrogen and oxygen atoms in total. The van der Waals surface area contributed by atoms with Crippen molar-refractivity contribution in [2.75, 3.05) is 0 Å². The first-order chi connectivity index (χ1) is 11.1. The van der Waals surface area contributed by atoms with Gasteiger partial charge in [-0.3, -0.25) is 4.79 Å². The number of amides is 1. The van der Waals surface area contributed by atoms with Gasteiger partial charge in [0.25, 0.3) is 5.91 Å². The van der Waals surface area contributed by atoms with Crippen LogP contribution < -0.4 is 5.32 Å². The van der Waals surface area contributed by atoms with E-state index in [4.69, 9.17) is 4.98 Å². The van der Waals surface area contributed by atoms with Gasteiger partial charge in [-0.1, -0.05) is 6.07 Å². The fourth-order valence-electron chi connectivity index (χ4n) is 2.63. The molecule has 23 heavy (non-hydrogen) atoms. The number of pyridine rings is 1. The van der Waals surface area contributed by atoms with E-state index in [1.54, 1.807) is 17.5 Å². The van der Waals surface area contributed by atoms with Gasteiger partial charge in [-0.2, -0.15) is 5.10 Å². The summed E-state index contributed by atoms with van der Waals surface area (Å²) in [6, 6.07) is 6.43. The third-order valence-electron chi connectivity index (χ3n) is 3.99. The summed E-state index contributed by atoms with van der Waals surface area (Å²) in [5, 5.41) is 10.3. The van der Waals surface area contributed by atoms with Crippen LogP contribution in [0.3, 0.4) is 0 Å². The van der Waals surface area contributed by atoms with Crippen LogP contribution in [-0.2, 0) is 0 Å². The van der Waals surface area contributed by atoms with Crippen LogP contribution in [0, 0.1) is 0 Å². The van der Waals surface area contributed by atoms with Crippen LogP contribution in [0.15, 0.2) is 29.8 Å². The number of hydrogen-bond donors (Lipinski definition) is 1. The average molecular weight is 326 g/mol. The molecule has 1 N–H and O–H groups in total. The number of rotatable bonds is 4. The lowest BCUT2D eigenvalue weighted by Gasteiger charge is -2.10. The maximum absolute atomic E-state index is 12.6. The van der Waals surface area contributed by atoms with Crippen molar-refractivity contribution >= 4 is 28.3 Å². The lowest BCUT2D eigenvalue weighted by molar-refractivity contribution is 0.0952. The first kappa shape index (κ1) is 14.4. The SMILES string of the molecule is CC(C)n1ncc2c(C(=O)NC3CC3)cc(-c3cccs3)nc21. The molecule has 1 aliphatic carbocycles. The molecule has 3 aromatic rings. The molecule has 0 atom stereocenters. The van der Waals surface area contributed by atoms with Crippen molar-refractivity contribution in [2.45, 2.75) is 38.8 Å². The molecule has 3 aromatic heterocycles. The standard InChI is InChI=1S/C17H18N4OS/c1-10(2)21-16-13(9-18-21)12(17(22)19-11-5-6-11)8-14(20-16)15-4-3-7-23-15/h3-4,7-11H,5-6H2,1-2H3,(H,19,22). The van der Waals surface area contributed by atoms with Gasteiger partial charge in [0.15, 0.2) is 5.65 Å². The summed E-state index contributed by atoms with van der Waals surface area (Å²) < 4.78 is 1.88. The lowest BCUT2D eigenvalue weighted by atomic mass is 10.1. The highest BCUT2D eigenvalue weighted by Gasteiger charge is 2.26. The Labute approximate surface area is 138 Å². The Morgan fingerprint density at radius 1 is 1.43 bits per heavy atom. The number of carbonyl (C=O) groups excluding carboxylic acids is 1. The smallest absolute Gasteiger partial charge is 0.252 e. The van der Waals surface area contributed by atoms with Crippen LogP contribution in [-0.4, -0.2) is 26.7 Å². The van der Waals surface area contributed by atoms with Gasteiger partial charge in [0.05, 0.1) is 27.7 Å². The van der Waals surface area contributed by atoms with Gasteiger partial charge in [-0.15, -0.1) is 11.3 Å². The maximum atomic E-state index is 12.6. The Kier molecular flexibility index (Phi) is 3.41. The molecular weight excluding hydrogens is 308 g/mol. The molecule has 1 saturated carbocycles. The Bertz CT molecular complexity index is 862. The summed E-state index contributed by atoms with van der Waals surface area (Å²) in [5.41, 5.74) is 2.26. The highest BCUT2D eigenvalue weighted by atomic mass is 32.1. The van der Waals surface area contributed by atoms with Crippen LogP contribution >= 0.6 is 11.3 Å². The molecule has 0 unspecified atom stereocenters. The van der Waals surface area contributed by atoms with E-state index in [2.05, 4.69) is 24.3 Å². The van der Waals surface area contributed by atoms with Crippen LogP contribution in [0.25, 0.3) is 21.6 Å². The molecule has 1 amide bonds. The van der Waals surface area contributed by atoms with Crippen LogP contribution in [0.5, 0.6) is 0 Å². The number of fused-ring (bicyclic) bond motifs is 1. The fraction of sp³-hybridized carbons (Fsp3) is 0.353.